The van der Waals surface area contributed by atoms with Crippen molar-refractivity contribution < 1.29 is 14.3 Å². The van der Waals surface area contributed by atoms with Gasteiger partial charge in [-0.1, -0.05) is 11.6 Å². The van der Waals surface area contributed by atoms with E-state index in [2.05, 4.69) is 15.2 Å². The van der Waals surface area contributed by atoms with E-state index in [1.165, 1.54) is 11.3 Å². The SMILES string of the molecule is Cc1cc(OCCCC(=O)Nc2nc(CN3CCOCC3)cs2)ccc1Cl. The zero-order valence-corrected chi connectivity index (χ0v) is 16.9. The van der Waals surface area contributed by atoms with E-state index in [0.29, 0.717) is 24.6 Å². The maximum absolute atomic E-state index is 12.1. The predicted octanol–water partition coefficient (Wildman–Crippen LogP) is 3.73. The topological polar surface area (TPSA) is 63.7 Å². The van der Waals surface area contributed by atoms with Crippen LogP contribution in [-0.4, -0.2) is 48.7 Å². The molecular weight excluding hydrogens is 386 g/mol. The number of nitrogens with one attached hydrogen (secondary N) is 1. The molecule has 1 aromatic carbocycles. The van der Waals surface area contributed by atoms with Gasteiger partial charge in [0.05, 0.1) is 25.5 Å². The maximum atomic E-state index is 12.1. The molecule has 2 heterocycles. The van der Waals surface area contributed by atoms with Gasteiger partial charge in [0.1, 0.15) is 5.75 Å². The summed E-state index contributed by atoms with van der Waals surface area (Å²) in [6, 6.07) is 5.55. The second-order valence-corrected chi connectivity index (χ2v) is 7.71. The first-order chi connectivity index (χ1) is 13.1. The third-order valence-corrected chi connectivity index (χ3v) is 5.46. The smallest absolute Gasteiger partial charge is 0.226 e. The molecule has 1 aliphatic rings. The van der Waals surface area contributed by atoms with Crippen molar-refractivity contribution in [1.29, 1.82) is 0 Å². The van der Waals surface area contributed by atoms with Crippen LogP contribution in [-0.2, 0) is 16.1 Å². The third kappa shape index (κ3) is 6.46. The lowest BCUT2D eigenvalue weighted by molar-refractivity contribution is -0.116. The van der Waals surface area contributed by atoms with E-state index in [4.69, 9.17) is 21.1 Å². The van der Waals surface area contributed by atoms with E-state index in [1.54, 1.807) is 0 Å². The summed E-state index contributed by atoms with van der Waals surface area (Å²) in [5.74, 6) is 0.725. The van der Waals surface area contributed by atoms with E-state index in [-0.39, 0.29) is 5.91 Å². The molecule has 0 spiro atoms. The maximum Gasteiger partial charge on any atom is 0.226 e. The zero-order valence-electron chi connectivity index (χ0n) is 15.4. The molecule has 1 N–H and O–H groups in total. The Labute approximate surface area is 168 Å². The number of rotatable bonds is 8. The number of aryl methyl sites for hydroxylation is 1. The number of carbonyl (C=O) groups excluding carboxylic acids is 1. The molecule has 1 aromatic heterocycles. The fourth-order valence-corrected chi connectivity index (χ4v) is 3.57. The molecule has 1 aliphatic heterocycles. The Morgan fingerprint density at radius 3 is 3.00 bits per heavy atom. The van der Waals surface area contributed by atoms with Crippen LogP contribution in [0.5, 0.6) is 5.75 Å². The molecule has 8 heteroatoms. The van der Waals surface area contributed by atoms with Gasteiger partial charge in [-0.25, -0.2) is 4.98 Å². The van der Waals surface area contributed by atoms with Gasteiger partial charge < -0.3 is 14.8 Å². The number of morpholine rings is 1. The van der Waals surface area contributed by atoms with Crippen molar-refractivity contribution in [2.75, 3.05) is 38.2 Å². The van der Waals surface area contributed by atoms with Crippen LogP contribution >= 0.6 is 22.9 Å². The molecule has 0 atom stereocenters. The van der Waals surface area contributed by atoms with Crippen molar-refractivity contribution in [2.45, 2.75) is 26.3 Å². The van der Waals surface area contributed by atoms with Crippen molar-refractivity contribution in [3.8, 4) is 5.75 Å². The Bertz CT molecular complexity index is 762. The van der Waals surface area contributed by atoms with E-state index < -0.39 is 0 Å². The Hall–Kier alpha value is -1.67. The minimum atomic E-state index is -0.0434. The molecule has 6 nitrogen and oxygen atoms in total. The number of hydrogen-bond donors (Lipinski definition) is 1. The van der Waals surface area contributed by atoms with Gasteiger partial charge in [-0.05, 0) is 37.1 Å². The molecule has 0 saturated carbocycles. The number of aromatic nitrogens is 1. The van der Waals surface area contributed by atoms with Gasteiger partial charge in [-0.2, -0.15) is 0 Å². The number of thiazole rings is 1. The van der Waals surface area contributed by atoms with E-state index >= 15 is 0 Å². The fourth-order valence-electron chi connectivity index (χ4n) is 2.74. The lowest BCUT2D eigenvalue weighted by Gasteiger charge is -2.25. The van der Waals surface area contributed by atoms with Crippen LogP contribution in [0.2, 0.25) is 5.02 Å². The number of ether oxygens (including phenoxy) is 2. The average Bonchev–Trinajstić information content (AvgIpc) is 3.09. The zero-order chi connectivity index (χ0) is 19.1. The molecule has 1 fully saturated rings. The molecule has 1 amide bonds. The Morgan fingerprint density at radius 2 is 2.22 bits per heavy atom. The van der Waals surface area contributed by atoms with E-state index in [1.807, 2.05) is 30.5 Å². The van der Waals surface area contributed by atoms with E-state index in [0.717, 1.165) is 54.9 Å². The molecule has 2 aromatic rings. The minimum Gasteiger partial charge on any atom is -0.494 e. The summed E-state index contributed by atoms with van der Waals surface area (Å²) >= 11 is 7.46. The highest BCUT2D eigenvalue weighted by Crippen LogP contribution is 2.21. The summed E-state index contributed by atoms with van der Waals surface area (Å²) in [5.41, 5.74) is 1.96. The summed E-state index contributed by atoms with van der Waals surface area (Å²) in [6.07, 6.45) is 1.03. The summed E-state index contributed by atoms with van der Waals surface area (Å²) < 4.78 is 11.0. The standard InChI is InChI=1S/C19H24ClN3O3S/c1-14-11-16(4-5-17(14)20)26-8-2-3-18(24)22-19-21-15(13-27-19)12-23-6-9-25-10-7-23/h4-5,11,13H,2-3,6-10,12H2,1H3,(H,21,22,24). The van der Waals surface area contributed by atoms with Crippen LogP contribution < -0.4 is 10.1 Å². The third-order valence-electron chi connectivity index (χ3n) is 4.23. The molecule has 1 saturated heterocycles. The minimum absolute atomic E-state index is 0.0434. The van der Waals surface area contributed by atoms with Crippen LogP contribution in [0.4, 0.5) is 5.13 Å². The summed E-state index contributed by atoms with van der Waals surface area (Å²) in [5, 5.41) is 6.24. The van der Waals surface area contributed by atoms with Gasteiger partial charge in [0.25, 0.3) is 0 Å². The number of anilines is 1. The largest absolute Gasteiger partial charge is 0.494 e. The Morgan fingerprint density at radius 1 is 1.41 bits per heavy atom. The van der Waals surface area contributed by atoms with Gasteiger partial charge in [0.2, 0.25) is 5.91 Å². The molecular formula is C19H24ClN3O3S. The van der Waals surface area contributed by atoms with E-state index in [9.17, 15) is 4.79 Å². The molecule has 0 bridgehead atoms. The Kier molecular flexibility index (Phi) is 7.46. The summed E-state index contributed by atoms with van der Waals surface area (Å²) in [6.45, 7) is 6.60. The quantitative estimate of drug-likeness (QED) is 0.673. The van der Waals surface area contributed by atoms with Crippen molar-refractivity contribution in [1.82, 2.24) is 9.88 Å². The highest BCUT2D eigenvalue weighted by atomic mass is 35.5. The monoisotopic (exact) mass is 409 g/mol. The molecule has 0 radical (unpaired) electrons. The van der Waals surface area contributed by atoms with Gasteiger partial charge >= 0.3 is 0 Å². The second-order valence-electron chi connectivity index (χ2n) is 6.44. The van der Waals surface area contributed by atoms with Crippen molar-refractivity contribution >= 4 is 34.0 Å². The fraction of sp³-hybridized carbons (Fsp3) is 0.474. The van der Waals surface area contributed by atoms with Crippen LogP contribution in [0.25, 0.3) is 0 Å². The van der Waals surface area contributed by atoms with Crippen LogP contribution in [0.15, 0.2) is 23.6 Å². The predicted molar refractivity (Wildman–Crippen MR) is 108 cm³/mol. The number of nitrogens with zero attached hydrogens (tertiary/aromatic N) is 2. The highest BCUT2D eigenvalue weighted by molar-refractivity contribution is 7.13. The molecule has 27 heavy (non-hydrogen) atoms. The van der Waals surface area contributed by atoms with Crippen LogP contribution in [0, 0.1) is 6.92 Å². The second kappa shape index (κ2) is 10.0. The normalized spacial score (nSPS) is 14.9. The van der Waals surface area contributed by atoms with Crippen molar-refractivity contribution in [3.05, 3.63) is 39.9 Å². The number of hydrogen-bond acceptors (Lipinski definition) is 6. The van der Waals surface area contributed by atoms with Gasteiger partial charge in [0, 0.05) is 36.5 Å². The summed E-state index contributed by atoms with van der Waals surface area (Å²) in [7, 11) is 0. The lowest BCUT2D eigenvalue weighted by Crippen LogP contribution is -2.35. The van der Waals surface area contributed by atoms with Crippen molar-refractivity contribution in [3.63, 3.8) is 0 Å². The number of amides is 1. The number of carbonyl (C=O) groups is 1. The molecule has 146 valence electrons. The summed E-state index contributed by atoms with van der Waals surface area (Å²) in [4.78, 5) is 18.9. The first kappa shape index (κ1) is 20.1. The molecule has 0 unspecified atom stereocenters. The van der Waals surface area contributed by atoms with Crippen LogP contribution in [0.3, 0.4) is 0 Å². The number of halogens is 1. The average molecular weight is 410 g/mol. The van der Waals surface area contributed by atoms with Gasteiger partial charge in [-0.3, -0.25) is 9.69 Å². The van der Waals surface area contributed by atoms with Gasteiger partial charge in [0.15, 0.2) is 5.13 Å². The van der Waals surface area contributed by atoms with Crippen LogP contribution in [0.1, 0.15) is 24.1 Å². The molecule has 3 rings (SSSR count). The lowest BCUT2D eigenvalue weighted by atomic mass is 10.2. The first-order valence-corrected chi connectivity index (χ1v) is 10.3. The van der Waals surface area contributed by atoms with Gasteiger partial charge in [-0.15, -0.1) is 11.3 Å². The molecule has 0 aliphatic carbocycles. The highest BCUT2D eigenvalue weighted by Gasteiger charge is 2.13. The first-order valence-electron chi connectivity index (χ1n) is 9.03. The number of benzene rings is 1. The Balaban J connectivity index is 1.36. The van der Waals surface area contributed by atoms with Crippen molar-refractivity contribution in [2.24, 2.45) is 0 Å².